The predicted octanol–water partition coefficient (Wildman–Crippen LogP) is 5.63. The lowest BCUT2D eigenvalue weighted by Gasteiger charge is -2.10. The molecule has 0 spiro atoms. The van der Waals surface area contributed by atoms with Gasteiger partial charge in [0.15, 0.2) is 0 Å². The number of nitrogens with one attached hydrogen (secondary N) is 1. The number of hydrogen-bond donors (Lipinski definition) is 1. The van der Waals surface area contributed by atoms with Gasteiger partial charge in [-0.25, -0.2) is 0 Å². The van der Waals surface area contributed by atoms with Crippen molar-refractivity contribution in [2.45, 2.75) is 6.18 Å². The van der Waals surface area contributed by atoms with Crippen molar-refractivity contribution in [2.75, 3.05) is 12.4 Å². The summed E-state index contributed by atoms with van der Waals surface area (Å²) in [4.78, 5) is 12.0. The molecule has 2 aromatic carbocycles. The SMILES string of the molecule is COc1ccc(NC(=O)/C=C/c2ccc(-c3ccccc3C(F)(F)F)o2)cc1. The van der Waals surface area contributed by atoms with Crippen LogP contribution in [0.15, 0.2) is 71.2 Å². The maximum Gasteiger partial charge on any atom is 0.417 e. The number of carbonyl (C=O) groups excluding carboxylic acids is 1. The Morgan fingerprint density at radius 1 is 1.04 bits per heavy atom. The minimum Gasteiger partial charge on any atom is -0.497 e. The average Bonchev–Trinajstić information content (AvgIpc) is 3.15. The van der Waals surface area contributed by atoms with Gasteiger partial charge in [-0.05, 0) is 48.5 Å². The van der Waals surface area contributed by atoms with Crippen molar-refractivity contribution >= 4 is 17.7 Å². The molecule has 7 heteroatoms. The van der Waals surface area contributed by atoms with E-state index in [9.17, 15) is 18.0 Å². The van der Waals surface area contributed by atoms with Crippen molar-refractivity contribution in [2.24, 2.45) is 0 Å². The third kappa shape index (κ3) is 4.62. The number of halogens is 3. The highest BCUT2D eigenvalue weighted by Gasteiger charge is 2.34. The lowest BCUT2D eigenvalue weighted by Crippen LogP contribution is -2.07. The maximum absolute atomic E-state index is 13.1. The second-order valence-corrected chi connectivity index (χ2v) is 5.80. The van der Waals surface area contributed by atoms with Gasteiger partial charge in [-0.3, -0.25) is 4.79 Å². The highest BCUT2D eigenvalue weighted by molar-refractivity contribution is 6.01. The van der Waals surface area contributed by atoms with E-state index in [1.165, 1.54) is 42.5 Å². The van der Waals surface area contributed by atoms with Crippen LogP contribution in [0.5, 0.6) is 5.75 Å². The first-order valence-corrected chi connectivity index (χ1v) is 8.26. The van der Waals surface area contributed by atoms with Gasteiger partial charge in [0, 0.05) is 17.3 Å². The molecular weight excluding hydrogens is 371 g/mol. The molecule has 1 heterocycles. The van der Waals surface area contributed by atoms with Crippen LogP contribution in [0.3, 0.4) is 0 Å². The molecule has 28 heavy (non-hydrogen) atoms. The molecule has 0 bridgehead atoms. The molecule has 3 rings (SSSR count). The Morgan fingerprint density at radius 2 is 1.75 bits per heavy atom. The van der Waals surface area contributed by atoms with Crippen molar-refractivity contribution in [3.05, 3.63) is 78.1 Å². The zero-order valence-electron chi connectivity index (χ0n) is 14.8. The van der Waals surface area contributed by atoms with Gasteiger partial charge >= 0.3 is 6.18 Å². The number of rotatable bonds is 5. The third-order valence-corrected chi connectivity index (χ3v) is 3.88. The van der Waals surface area contributed by atoms with Crippen molar-refractivity contribution in [3.8, 4) is 17.1 Å². The van der Waals surface area contributed by atoms with Crippen molar-refractivity contribution in [3.63, 3.8) is 0 Å². The smallest absolute Gasteiger partial charge is 0.417 e. The van der Waals surface area contributed by atoms with Crippen LogP contribution in [0.4, 0.5) is 18.9 Å². The molecule has 0 radical (unpaired) electrons. The van der Waals surface area contributed by atoms with Crippen LogP contribution < -0.4 is 10.1 Å². The zero-order valence-corrected chi connectivity index (χ0v) is 14.8. The Labute approximate surface area is 159 Å². The van der Waals surface area contributed by atoms with Crippen molar-refractivity contribution in [1.29, 1.82) is 0 Å². The van der Waals surface area contributed by atoms with E-state index < -0.39 is 17.6 Å². The number of ether oxygens (including phenoxy) is 1. The standard InChI is InChI=1S/C21H16F3NO3/c1-27-15-8-6-14(7-9-15)25-20(26)13-11-16-10-12-19(28-16)17-4-2-3-5-18(17)21(22,23)24/h2-13H,1H3,(H,25,26)/b13-11+. The van der Waals surface area contributed by atoms with Gasteiger partial charge in [0.25, 0.3) is 0 Å². The Bertz CT molecular complexity index is 989. The molecule has 0 aliphatic rings. The van der Waals surface area contributed by atoms with Crippen molar-refractivity contribution < 1.29 is 27.1 Å². The first kappa shape index (κ1) is 19.3. The summed E-state index contributed by atoms with van der Waals surface area (Å²) in [5.74, 6) is 0.592. The van der Waals surface area contributed by atoms with Crippen LogP contribution in [-0.4, -0.2) is 13.0 Å². The fourth-order valence-electron chi connectivity index (χ4n) is 2.55. The van der Waals surface area contributed by atoms with Gasteiger partial charge in [0.2, 0.25) is 5.91 Å². The summed E-state index contributed by atoms with van der Waals surface area (Å²) in [6.45, 7) is 0. The van der Waals surface area contributed by atoms with E-state index in [1.807, 2.05) is 0 Å². The summed E-state index contributed by atoms with van der Waals surface area (Å²) in [5.41, 5.74) is -0.260. The molecule has 1 N–H and O–H groups in total. The number of furan rings is 1. The Balaban J connectivity index is 1.71. The van der Waals surface area contributed by atoms with Crippen LogP contribution in [0.1, 0.15) is 11.3 Å². The summed E-state index contributed by atoms with van der Waals surface area (Å²) in [6, 6.07) is 14.9. The molecule has 1 amide bonds. The lowest BCUT2D eigenvalue weighted by molar-refractivity contribution is -0.137. The topological polar surface area (TPSA) is 51.5 Å². The van der Waals surface area contributed by atoms with Gasteiger partial charge in [0.05, 0.1) is 12.7 Å². The Kier molecular flexibility index (Phi) is 5.54. The zero-order chi connectivity index (χ0) is 20.1. The second kappa shape index (κ2) is 8.04. The number of methoxy groups -OCH3 is 1. The summed E-state index contributed by atoms with van der Waals surface area (Å²) in [5, 5.41) is 2.66. The summed E-state index contributed by atoms with van der Waals surface area (Å²) in [7, 11) is 1.54. The molecule has 0 fully saturated rings. The van der Waals surface area contributed by atoms with Crippen LogP contribution in [-0.2, 0) is 11.0 Å². The molecule has 0 aliphatic heterocycles. The number of hydrogen-bond acceptors (Lipinski definition) is 3. The minimum atomic E-state index is -4.49. The molecule has 3 aromatic rings. The number of anilines is 1. The molecule has 0 unspecified atom stereocenters. The molecule has 0 saturated heterocycles. The van der Waals surface area contributed by atoms with Gasteiger partial charge in [0.1, 0.15) is 17.3 Å². The van der Waals surface area contributed by atoms with Gasteiger partial charge in [-0.1, -0.05) is 18.2 Å². The average molecular weight is 387 g/mol. The number of amides is 1. The van der Waals surface area contributed by atoms with E-state index in [1.54, 1.807) is 31.4 Å². The summed E-state index contributed by atoms with van der Waals surface area (Å²) >= 11 is 0. The fraction of sp³-hybridized carbons (Fsp3) is 0.0952. The van der Waals surface area contributed by atoms with Crippen LogP contribution in [0.25, 0.3) is 17.4 Å². The second-order valence-electron chi connectivity index (χ2n) is 5.80. The normalized spacial score (nSPS) is 11.6. The predicted molar refractivity (Wildman–Crippen MR) is 99.8 cm³/mol. The molecule has 0 aliphatic carbocycles. The highest BCUT2D eigenvalue weighted by Crippen LogP contribution is 2.37. The van der Waals surface area contributed by atoms with E-state index >= 15 is 0 Å². The molecule has 144 valence electrons. The molecule has 1 aromatic heterocycles. The first-order chi connectivity index (χ1) is 13.4. The third-order valence-electron chi connectivity index (χ3n) is 3.88. The molecular formula is C21H16F3NO3. The van der Waals surface area contributed by atoms with E-state index in [-0.39, 0.29) is 17.1 Å². The van der Waals surface area contributed by atoms with E-state index in [0.717, 1.165) is 6.07 Å². The van der Waals surface area contributed by atoms with Crippen LogP contribution in [0.2, 0.25) is 0 Å². The van der Waals surface area contributed by atoms with Crippen LogP contribution in [0, 0.1) is 0 Å². The molecule has 4 nitrogen and oxygen atoms in total. The minimum absolute atomic E-state index is 0.0580. The number of carbonyl (C=O) groups is 1. The summed E-state index contributed by atoms with van der Waals surface area (Å²) in [6.07, 6.45) is -1.86. The molecule has 0 saturated carbocycles. The van der Waals surface area contributed by atoms with Gasteiger partial charge in [-0.2, -0.15) is 13.2 Å². The Hall–Kier alpha value is -3.48. The Morgan fingerprint density at radius 3 is 2.43 bits per heavy atom. The summed E-state index contributed by atoms with van der Waals surface area (Å²) < 4.78 is 49.9. The van der Waals surface area contributed by atoms with E-state index in [4.69, 9.17) is 9.15 Å². The van der Waals surface area contributed by atoms with Crippen LogP contribution >= 0.6 is 0 Å². The van der Waals surface area contributed by atoms with E-state index in [2.05, 4.69) is 5.32 Å². The number of alkyl halides is 3. The monoisotopic (exact) mass is 387 g/mol. The van der Waals surface area contributed by atoms with Gasteiger partial charge in [-0.15, -0.1) is 0 Å². The fourth-order valence-corrected chi connectivity index (χ4v) is 2.55. The largest absolute Gasteiger partial charge is 0.497 e. The maximum atomic E-state index is 13.1. The lowest BCUT2D eigenvalue weighted by atomic mass is 10.1. The van der Waals surface area contributed by atoms with E-state index in [0.29, 0.717) is 11.4 Å². The number of benzene rings is 2. The highest BCUT2D eigenvalue weighted by atomic mass is 19.4. The first-order valence-electron chi connectivity index (χ1n) is 8.26. The van der Waals surface area contributed by atoms with Crippen molar-refractivity contribution in [1.82, 2.24) is 0 Å². The molecule has 0 atom stereocenters. The van der Waals surface area contributed by atoms with Gasteiger partial charge < -0.3 is 14.5 Å². The quantitative estimate of drug-likeness (QED) is 0.578.